The maximum Gasteiger partial charge on any atom is 0.300 e. The molecule has 162 valence electrons. The highest BCUT2D eigenvalue weighted by Gasteiger charge is 2.12. The first kappa shape index (κ1) is 22.6. The van der Waals surface area contributed by atoms with Crippen LogP contribution >= 0.6 is 27.5 Å². The molecule has 0 atom stereocenters. The Labute approximate surface area is 202 Å². The molecular formula is C27H24BrClN2O. The fourth-order valence-electron chi connectivity index (χ4n) is 3.83. The Balaban J connectivity index is 1.37. The van der Waals surface area contributed by atoms with Crippen molar-refractivity contribution in [2.24, 2.45) is 0 Å². The molecule has 4 rings (SSSR count). The number of likely N-dealkylation sites (tertiary alicyclic amines) is 1. The van der Waals surface area contributed by atoms with Crippen molar-refractivity contribution in [3.05, 3.63) is 87.4 Å². The van der Waals surface area contributed by atoms with Gasteiger partial charge in [0.25, 0.3) is 0 Å². The highest BCUT2D eigenvalue weighted by Crippen LogP contribution is 2.26. The van der Waals surface area contributed by atoms with Gasteiger partial charge in [0.15, 0.2) is 0 Å². The van der Waals surface area contributed by atoms with Gasteiger partial charge in [-0.15, -0.1) is 0 Å². The summed E-state index contributed by atoms with van der Waals surface area (Å²) in [5.41, 5.74) is 4.73. The molecule has 0 aromatic heterocycles. The van der Waals surface area contributed by atoms with Gasteiger partial charge in [0, 0.05) is 33.2 Å². The van der Waals surface area contributed by atoms with Crippen molar-refractivity contribution in [2.45, 2.75) is 19.3 Å². The van der Waals surface area contributed by atoms with Gasteiger partial charge in [-0.05, 0) is 89.2 Å². The summed E-state index contributed by atoms with van der Waals surface area (Å²) < 4.78 is 0.851. The summed E-state index contributed by atoms with van der Waals surface area (Å²) in [5, 5.41) is 3.49. The predicted octanol–water partition coefficient (Wildman–Crippen LogP) is 6.40. The number of carbonyl (C=O) groups excluding carboxylic acids is 1. The standard InChI is InChI=1S/C27H24BrClN2O/c28-25-18-23(20-6-2-1-3-7-20)9-8-21(25)11-13-27(32)30-24-12-10-22(26(29)19-24)14-17-31-15-4-5-16-31/h1-3,6-10,12,18-19H,4-5,14-17H2,(H,30,32). The summed E-state index contributed by atoms with van der Waals surface area (Å²) in [4.78, 5) is 14.8. The van der Waals surface area contributed by atoms with Gasteiger partial charge in [-0.2, -0.15) is 0 Å². The number of carbonyl (C=O) groups is 1. The maximum absolute atomic E-state index is 12.3. The van der Waals surface area contributed by atoms with Crippen LogP contribution < -0.4 is 5.32 Å². The molecule has 1 aliphatic rings. The van der Waals surface area contributed by atoms with Crippen LogP contribution in [0.2, 0.25) is 5.02 Å². The number of halogens is 2. The van der Waals surface area contributed by atoms with E-state index in [1.165, 1.54) is 25.9 Å². The van der Waals surface area contributed by atoms with Gasteiger partial charge < -0.3 is 10.2 Å². The van der Waals surface area contributed by atoms with Gasteiger partial charge >= 0.3 is 5.91 Å². The molecule has 3 aromatic carbocycles. The minimum Gasteiger partial charge on any atom is -0.315 e. The Kier molecular flexibility index (Phi) is 7.65. The smallest absolute Gasteiger partial charge is 0.300 e. The zero-order chi connectivity index (χ0) is 22.3. The van der Waals surface area contributed by atoms with Crippen molar-refractivity contribution in [2.75, 3.05) is 25.0 Å². The van der Waals surface area contributed by atoms with Crippen LogP contribution in [0.1, 0.15) is 24.0 Å². The van der Waals surface area contributed by atoms with E-state index in [4.69, 9.17) is 11.6 Å². The Hall–Kier alpha value is -2.58. The van der Waals surface area contributed by atoms with Crippen LogP contribution in [0.25, 0.3) is 11.1 Å². The second-order valence-electron chi connectivity index (χ2n) is 7.87. The summed E-state index contributed by atoms with van der Waals surface area (Å²) in [6.45, 7) is 3.37. The fourth-order valence-corrected chi connectivity index (χ4v) is 4.58. The van der Waals surface area contributed by atoms with Crippen LogP contribution in [0.5, 0.6) is 0 Å². The Morgan fingerprint density at radius 1 is 1.00 bits per heavy atom. The third-order valence-corrected chi connectivity index (χ3v) is 6.60. The van der Waals surface area contributed by atoms with Gasteiger partial charge in [-0.25, -0.2) is 0 Å². The first-order chi connectivity index (χ1) is 15.6. The van der Waals surface area contributed by atoms with Gasteiger partial charge in [0.05, 0.1) is 0 Å². The van der Waals surface area contributed by atoms with E-state index in [0.717, 1.165) is 39.7 Å². The maximum atomic E-state index is 12.3. The Bertz CT molecular complexity index is 1160. The number of hydrogen-bond acceptors (Lipinski definition) is 2. The monoisotopic (exact) mass is 506 g/mol. The molecule has 1 saturated heterocycles. The van der Waals surface area contributed by atoms with Crippen LogP contribution in [-0.4, -0.2) is 30.4 Å². The number of amides is 1. The van der Waals surface area contributed by atoms with E-state index >= 15 is 0 Å². The minimum absolute atomic E-state index is 0.370. The lowest BCUT2D eigenvalue weighted by atomic mass is 10.0. The van der Waals surface area contributed by atoms with E-state index in [0.29, 0.717) is 10.7 Å². The van der Waals surface area contributed by atoms with Crippen molar-refractivity contribution in [1.82, 2.24) is 4.90 Å². The number of hydrogen-bond donors (Lipinski definition) is 1. The number of anilines is 1. The summed E-state index contributed by atoms with van der Waals surface area (Å²) in [7, 11) is 0. The highest BCUT2D eigenvalue weighted by atomic mass is 79.9. The van der Waals surface area contributed by atoms with E-state index in [9.17, 15) is 4.79 Å². The molecule has 1 N–H and O–H groups in total. The zero-order valence-corrected chi connectivity index (χ0v) is 20.0. The normalized spacial score (nSPS) is 13.4. The molecule has 0 bridgehead atoms. The minimum atomic E-state index is -0.370. The van der Waals surface area contributed by atoms with Crippen molar-refractivity contribution in [3.8, 4) is 23.0 Å². The molecule has 1 fully saturated rings. The molecule has 1 heterocycles. The second kappa shape index (κ2) is 10.8. The quantitative estimate of drug-likeness (QED) is 0.405. The number of benzene rings is 3. The lowest BCUT2D eigenvalue weighted by Crippen LogP contribution is -2.22. The molecule has 0 saturated carbocycles. The molecule has 3 aromatic rings. The van der Waals surface area contributed by atoms with Crippen molar-refractivity contribution in [3.63, 3.8) is 0 Å². The van der Waals surface area contributed by atoms with E-state index in [1.54, 1.807) is 6.07 Å². The van der Waals surface area contributed by atoms with Crippen molar-refractivity contribution < 1.29 is 4.79 Å². The van der Waals surface area contributed by atoms with Gasteiger partial charge in [-0.3, -0.25) is 4.79 Å². The van der Waals surface area contributed by atoms with Gasteiger partial charge in [-0.1, -0.05) is 60.0 Å². The first-order valence-corrected chi connectivity index (χ1v) is 11.9. The molecule has 1 aliphatic heterocycles. The molecule has 32 heavy (non-hydrogen) atoms. The van der Waals surface area contributed by atoms with Crippen LogP contribution in [0.15, 0.2) is 71.2 Å². The summed E-state index contributed by atoms with van der Waals surface area (Å²) in [6.07, 6.45) is 3.49. The molecule has 0 spiro atoms. The van der Waals surface area contributed by atoms with Gasteiger partial charge in [0.1, 0.15) is 0 Å². The average molecular weight is 508 g/mol. The molecule has 0 aliphatic carbocycles. The van der Waals surface area contributed by atoms with Crippen LogP contribution in [0.3, 0.4) is 0 Å². The number of rotatable bonds is 5. The number of nitrogens with one attached hydrogen (secondary N) is 1. The van der Waals surface area contributed by atoms with Crippen LogP contribution in [-0.2, 0) is 11.2 Å². The third kappa shape index (κ3) is 6.01. The second-order valence-corrected chi connectivity index (χ2v) is 9.13. The molecule has 3 nitrogen and oxygen atoms in total. The van der Waals surface area contributed by atoms with Crippen molar-refractivity contribution in [1.29, 1.82) is 0 Å². The van der Waals surface area contributed by atoms with Gasteiger partial charge in [0.2, 0.25) is 0 Å². The van der Waals surface area contributed by atoms with Crippen molar-refractivity contribution >= 4 is 39.1 Å². The summed E-state index contributed by atoms with van der Waals surface area (Å²) in [6, 6.07) is 21.7. The zero-order valence-electron chi connectivity index (χ0n) is 17.7. The lowest BCUT2D eigenvalue weighted by molar-refractivity contribution is -0.111. The lowest BCUT2D eigenvalue weighted by Gasteiger charge is -2.15. The topological polar surface area (TPSA) is 32.3 Å². The average Bonchev–Trinajstić information content (AvgIpc) is 3.32. The Morgan fingerprint density at radius 2 is 1.78 bits per heavy atom. The van der Waals surface area contributed by atoms with E-state index in [1.807, 2.05) is 48.5 Å². The first-order valence-electron chi connectivity index (χ1n) is 10.8. The van der Waals surface area contributed by atoms with E-state index < -0.39 is 0 Å². The number of nitrogens with zero attached hydrogens (tertiary/aromatic N) is 1. The molecule has 1 amide bonds. The fraction of sp³-hybridized carbons (Fsp3) is 0.222. The molecule has 0 unspecified atom stereocenters. The van der Waals surface area contributed by atoms with Crippen LogP contribution in [0.4, 0.5) is 5.69 Å². The highest BCUT2D eigenvalue weighted by molar-refractivity contribution is 9.10. The third-order valence-electron chi connectivity index (χ3n) is 5.59. The largest absolute Gasteiger partial charge is 0.315 e. The SMILES string of the molecule is O=C(C#Cc1ccc(-c2ccccc2)cc1Br)Nc1ccc(CCN2CCCC2)c(Cl)c1. The molecular weight excluding hydrogens is 484 g/mol. The predicted molar refractivity (Wildman–Crippen MR) is 136 cm³/mol. The molecule has 0 radical (unpaired) electrons. The van der Waals surface area contributed by atoms with E-state index in [2.05, 4.69) is 50.1 Å². The van der Waals surface area contributed by atoms with Crippen LogP contribution in [0, 0.1) is 11.8 Å². The Morgan fingerprint density at radius 3 is 2.50 bits per heavy atom. The summed E-state index contributed by atoms with van der Waals surface area (Å²) in [5.74, 6) is 5.24. The molecule has 5 heteroatoms. The van der Waals surface area contributed by atoms with E-state index in [-0.39, 0.29) is 5.91 Å². The summed E-state index contributed by atoms with van der Waals surface area (Å²) >= 11 is 10.0.